The molecule has 0 aromatic heterocycles. The standard InChI is InChI=1S/C21H32N2O2/c1-21(2,3)23(20(24)25-4)19-13-17-11-8-12-18(14-19)22(17)15-16-9-6-5-7-10-16/h5-7,9-10,17-19H,8,11-15H2,1-4H3. The molecule has 0 saturated carbocycles. The predicted molar refractivity (Wildman–Crippen MR) is 100 cm³/mol. The largest absolute Gasteiger partial charge is 0.453 e. The maximum Gasteiger partial charge on any atom is 0.410 e. The summed E-state index contributed by atoms with van der Waals surface area (Å²) in [5.41, 5.74) is 1.17. The molecule has 1 aromatic carbocycles. The van der Waals surface area contributed by atoms with Crippen LogP contribution in [0, 0.1) is 0 Å². The normalized spacial score (nSPS) is 27.0. The van der Waals surface area contributed by atoms with Crippen LogP contribution in [0.3, 0.4) is 0 Å². The number of fused-ring (bicyclic) bond motifs is 2. The molecular weight excluding hydrogens is 312 g/mol. The molecule has 4 heteroatoms. The third kappa shape index (κ3) is 4.00. The Hall–Kier alpha value is -1.55. The molecule has 3 rings (SSSR count). The van der Waals surface area contributed by atoms with Gasteiger partial charge in [-0.3, -0.25) is 4.90 Å². The molecule has 1 aromatic rings. The fraction of sp³-hybridized carbons (Fsp3) is 0.667. The van der Waals surface area contributed by atoms with Crippen LogP contribution in [0.15, 0.2) is 30.3 Å². The van der Waals surface area contributed by atoms with Gasteiger partial charge in [-0.05, 0) is 52.0 Å². The van der Waals surface area contributed by atoms with Crippen LogP contribution in [0.25, 0.3) is 0 Å². The molecule has 25 heavy (non-hydrogen) atoms. The number of carbonyl (C=O) groups is 1. The van der Waals surface area contributed by atoms with E-state index in [1.807, 2.05) is 4.90 Å². The van der Waals surface area contributed by atoms with Crippen LogP contribution < -0.4 is 0 Å². The molecule has 2 fully saturated rings. The minimum absolute atomic E-state index is 0.188. The lowest BCUT2D eigenvalue weighted by atomic mass is 9.80. The van der Waals surface area contributed by atoms with Gasteiger partial charge < -0.3 is 9.64 Å². The van der Waals surface area contributed by atoms with Gasteiger partial charge in [0.1, 0.15) is 0 Å². The zero-order chi connectivity index (χ0) is 18.0. The second-order valence-electron chi connectivity index (χ2n) is 8.53. The Balaban J connectivity index is 1.77. The number of amides is 1. The van der Waals surface area contributed by atoms with E-state index >= 15 is 0 Å². The molecule has 0 N–H and O–H groups in total. The van der Waals surface area contributed by atoms with Gasteiger partial charge in [-0.1, -0.05) is 36.8 Å². The van der Waals surface area contributed by atoms with Crippen molar-refractivity contribution in [2.24, 2.45) is 0 Å². The van der Waals surface area contributed by atoms with Crippen LogP contribution in [0.4, 0.5) is 4.79 Å². The molecule has 1 amide bonds. The number of hydrogen-bond donors (Lipinski definition) is 0. The van der Waals surface area contributed by atoms with E-state index in [2.05, 4.69) is 56.0 Å². The Morgan fingerprint density at radius 3 is 2.28 bits per heavy atom. The fourth-order valence-corrected chi connectivity index (χ4v) is 4.78. The molecule has 2 atom stereocenters. The van der Waals surface area contributed by atoms with E-state index in [1.54, 1.807) is 0 Å². The second kappa shape index (κ2) is 7.36. The maximum atomic E-state index is 12.4. The van der Waals surface area contributed by atoms with E-state index in [1.165, 1.54) is 31.9 Å². The highest BCUT2D eigenvalue weighted by Crippen LogP contribution is 2.38. The van der Waals surface area contributed by atoms with Gasteiger partial charge in [0, 0.05) is 30.2 Å². The Bertz CT molecular complexity index is 567. The number of carbonyl (C=O) groups excluding carboxylic acids is 1. The maximum absolute atomic E-state index is 12.4. The summed E-state index contributed by atoms with van der Waals surface area (Å²) >= 11 is 0. The van der Waals surface area contributed by atoms with Crippen LogP contribution in [0.1, 0.15) is 58.4 Å². The predicted octanol–water partition coefficient (Wildman–Crippen LogP) is 4.44. The Morgan fingerprint density at radius 1 is 1.16 bits per heavy atom. The highest BCUT2D eigenvalue weighted by molar-refractivity contribution is 5.69. The van der Waals surface area contributed by atoms with E-state index in [9.17, 15) is 4.79 Å². The van der Waals surface area contributed by atoms with Crippen molar-refractivity contribution < 1.29 is 9.53 Å². The summed E-state index contributed by atoms with van der Waals surface area (Å²) in [7, 11) is 1.49. The molecular formula is C21H32N2O2. The van der Waals surface area contributed by atoms with Crippen molar-refractivity contribution >= 4 is 6.09 Å². The summed E-state index contributed by atoms with van der Waals surface area (Å²) in [6.07, 6.45) is 5.69. The van der Waals surface area contributed by atoms with Crippen LogP contribution in [-0.4, -0.2) is 46.7 Å². The second-order valence-corrected chi connectivity index (χ2v) is 8.53. The third-order valence-electron chi connectivity index (χ3n) is 5.77. The smallest absolute Gasteiger partial charge is 0.410 e. The van der Waals surface area contributed by atoms with Crippen molar-refractivity contribution in [3.63, 3.8) is 0 Å². The molecule has 4 nitrogen and oxygen atoms in total. The molecule has 2 aliphatic rings. The van der Waals surface area contributed by atoms with Crippen LogP contribution in [-0.2, 0) is 11.3 Å². The van der Waals surface area contributed by atoms with Crippen molar-refractivity contribution in [3.05, 3.63) is 35.9 Å². The van der Waals surface area contributed by atoms with Crippen molar-refractivity contribution in [1.29, 1.82) is 0 Å². The molecule has 0 radical (unpaired) electrons. The first-order chi connectivity index (χ1) is 11.9. The summed E-state index contributed by atoms with van der Waals surface area (Å²) in [5, 5.41) is 0. The highest BCUT2D eigenvalue weighted by Gasteiger charge is 2.44. The monoisotopic (exact) mass is 344 g/mol. The minimum Gasteiger partial charge on any atom is -0.453 e. The number of benzene rings is 1. The van der Waals surface area contributed by atoms with Crippen molar-refractivity contribution in [1.82, 2.24) is 9.80 Å². The van der Waals surface area contributed by atoms with Gasteiger partial charge in [0.15, 0.2) is 0 Å². The first kappa shape index (κ1) is 18.2. The van der Waals surface area contributed by atoms with Crippen LogP contribution in [0.5, 0.6) is 0 Å². The van der Waals surface area contributed by atoms with E-state index < -0.39 is 0 Å². The average Bonchev–Trinajstić information content (AvgIpc) is 2.55. The van der Waals surface area contributed by atoms with E-state index in [0.717, 1.165) is 19.4 Å². The molecule has 2 bridgehead atoms. The number of rotatable bonds is 3. The lowest BCUT2D eigenvalue weighted by Gasteiger charge is -2.53. The lowest BCUT2D eigenvalue weighted by Crippen LogP contribution is -2.60. The first-order valence-electron chi connectivity index (χ1n) is 9.57. The molecule has 2 saturated heterocycles. The number of piperidine rings is 2. The van der Waals surface area contributed by atoms with Crippen molar-refractivity contribution in [2.75, 3.05) is 7.11 Å². The third-order valence-corrected chi connectivity index (χ3v) is 5.77. The summed E-state index contributed by atoms with van der Waals surface area (Å²) in [5.74, 6) is 0. The van der Waals surface area contributed by atoms with Gasteiger partial charge in [-0.2, -0.15) is 0 Å². The summed E-state index contributed by atoms with van der Waals surface area (Å²) in [4.78, 5) is 17.1. The van der Waals surface area contributed by atoms with E-state index in [-0.39, 0.29) is 17.7 Å². The van der Waals surface area contributed by atoms with Gasteiger partial charge in [0.05, 0.1) is 7.11 Å². The number of hydrogen-bond acceptors (Lipinski definition) is 3. The Morgan fingerprint density at radius 2 is 1.76 bits per heavy atom. The number of ether oxygens (including phenoxy) is 1. The zero-order valence-electron chi connectivity index (χ0n) is 16.1. The van der Waals surface area contributed by atoms with Crippen LogP contribution >= 0.6 is 0 Å². The van der Waals surface area contributed by atoms with Gasteiger partial charge in [-0.25, -0.2) is 4.79 Å². The zero-order valence-corrected chi connectivity index (χ0v) is 16.1. The van der Waals surface area contributed by atoms with Crippen LogP contribution in [0.2, 0.25) is 0 Å². The van der Waals surface area contributed by atoms with Gasteiger partial charge in [0.2, 0.25) is 0 Å². The fourth-order valence-electron chi connectivity index (χ4n) is 4.78. The molecule has 2 heterocycles. The van der Waals surface area contributed by atoms with Gasteiger partial charge in [0.25, 0.3) is 0 Å². The van der Waals surface area contributed by atoms with E-state index in [4.69, 9.17) is 4.74 Å². The SMILES string of the molecule is COC(=O)N(C1CC2CCCC(C1)N2Cc1ccccc1)C(C)(C)C. The summed E-state index contributed by atoms with van der Waals surface area (Å²) in [6.45, 7) is 7.35. The lowest BCUT2D eigenvalue weighted by molar-refractivity contribution is -0.0323. The molecule has 0 aliphatic carbocycles. The molecule has 138 valence electrons. The first-order valence-corrected chi connectivity index (χ1v) is 9.57. The number of methoxy groups -OCH3 is 1. The average molecular weight is 344 g/mol. The minimum atomic E-state index is -0.215. The Kier molecular flexibility index (Phi) is 5.38. The topological polar surface area (TPSA) is 32.8 Å². The molecule has 0 spiro atoms. The van der Waals surface area contributed by atoms with Gasteiger partial charge in [-0.15, -0.1) is 0 Å². The van der Waals surface area contributed by atoms with Crippen molar-refractivity contribution in [3.8, 4) is 0 Å². The van der Waals surface area contributed by atoms with Crippen molar-refractivity contribution in [2.45, 2.75) is 83.1 Å². The quantitative estimate of drug-likeness (QED) is 0.813. The van der Waals surface area contributed by atoms with E-state index in [0.29, 0.717) is 12.1 Å². The Labute approximate surface area is 152 Å². The molecule has 2 aliphatic heterocycles. The molecule has 2 unspecified atom stereocenters. The number of nitrogens with zero attached hydrogens (tertiary/aromatic N) is 2. The highest BCUT2D eigenvalue weighted by atomic mass is 16.5. The summed E-state index contributed by atoms with van der Waals surface area (Å²) < 4.78 is 5.11. The van der Waals surface area contributed by atoms with Gasteiger partial charge >= 0.3 is 6.09 Å². The summed E-state index contributed by atoms with van der Waals surface area (Å²) in [6, 6.07) is 12.2.